The van der Waals surface area contributed by atoms with E-state index >= 15 is 0 Å². The van der Waals surface area contributed by atoms with Crippen LogP contribution in [0.1, 0.15) is 43.0 Å². The molecule has 6 heteroatoms. The summed E-state index contributed by atoms with van der Waals surface area (Å²) in [6.45, 7) is 3.40. The number of piperidine rings is 1. The Morgan fingerprint density at radius 3 is 2.30 bits per heavy atom. The standard InChI is InChI=1S/C21H26N4O2/c1-15(20(27)25-13-10-21(8-9-21)11-14-25)22-19(26)17-5-3-16(4-6-17)18-7-12-24(2)23-18/h3-7,12,15H,8-11,13-14H2,1-2H3,(H,22,26)/t15-/m0/s1. The zero-order valence-corrected chi connectivity index (χ0v) is 15.9. The normalized spacial score (nSPS) is 19.0. The van der Waals surface area contributed by atoms with Crippen LogP contribution in [0.2, 0.25) is 0 Å². The number of nitrogens with zero attached hydrogens (tertiary/aromatic N) is 3. The average molecular weight is 366 g/mol. The fourth-order valence-corrected chi connectivity index (χ4v) is 3.86. The Labute approximate surface area is 159 Å². The number of carbonyl (C=O) groups is 2. The third-order valence-electron chi connectivity index (χ3n) is 5.97. The predicted molar refractivity (Wildman–Crippen MR) is 103 cm³/mol. The highest BCUT2D eigenvalue weighted by Crippen LogP contribution is 2.53. The van der Waals surface area contributed by atoms with Gasteiger partial charge < -0.3 is 10.2 Å². The molecule has 2 heterocycles. The summed E-state index contributed by atoms with van der Waals surface area (Å²) in [5, 5.41) is 7.20. The number of likely N-dealkylation sites (tertiary alicyclic amines) is 1. The van der Waals surface area contributed by atoms with Crippen molar-refractivity contribution in [2.24, 2.45) is 12.5 Å². The van der Waals surface area contributed by atoms with Gasteiger partial charge in [-0.2, -0.15) is 5.10 Å². The third-order valence-corrected chi connectivity index (χ3v) is 5.97. The highest BCUT2D eigenvalue weighted by atomic mass is 16.2. The zero-order chi connectivity index (χ0) is 19.0. The van der Waals surface area contributed by atoms with Crippen LogP contribution in [0.4, 0.5) is 0 Å². The lowest BCUT2D eigenvalue weighted by molar-refractivity contribution is -0.134. The number of nitrogens with one attached hydrogen (secondary N) is 1. The lowest BCUT2D eigenvalue weighted by atomic mass is 9.93. The van der Waals surface area contributed by atoms with Crippen molar-refractivity contribution in [3.63, 3.8) is 0 Å². The van der Waals surface area contributed by atoms with E-state index in [1.807, 2.05) is 36.3 Å². The molecule has 27 heavy (non-hydrogen) atoms. The van der Waals surface area contributed by atoms with Gasteiger partial charge in [0.1, 0.15) is 6.04 Å². The first kappa shape index (κ1) is 17.8. The van der Waals surface area contributed by atoms with E-state index in [1.54, 1.807) is 23.7 Å². The quantitative estimate of drug-likeness (QED) is 0.904. The summed E-state index contributed by atoms with van der Waals surface area (Å²) in [6, 6.07) is 8.72. The minimum absolute atomic E-state index is 0.0176. The van der Waals surface area contributed by atoms with Gasteiger partial charge in [-0.25, -0.2) is 0 Å². The van der Waals surface area contributed by atoms with E-state index in [4.69, 9.17) is 0 Å². The maximum absolute atomic E-state index is 12.6. The van der Waals surface area contributed by atoms with E-state index in [2.05, 4.69) is 10.4 Å². The molecule has 1 aliphatic carbocycles. The minimum Gasteiger partial charge on any atom is -0.341 e. The molecule has 1 spiro atoms. The molecular weight excluding hydrogens is 340 g/mol. The molecule has 6 nitrogen and oxygen atoms in total. The van der Waals surface area contributed by atoms with Gasteiger partial charge in [0.2, 0.25) is 5.91 Å². The Balaban J connectivity index is 1.34. The number of aryl methyl sites for hydroxylation is 1. The molecule has 1 aromatic carbocycles. The number of benzene rings is 1. The van der Waals surface area contributed by atoms with E-state index in [-0.39, 0.29) is 11.8 Å². The largest absolute Gasteiger partial charge is 0.341 e. The Bertz CT molecular complexity index is 841. The molecule has 2 fully saturated rings. The van der Waals surface area contributed by atoms with Crippen LogP contribution in [-0.4, -0.2) is 45.6 Å². The van der Waals surface area contributed by atoms with Gasteiger partial charge >= 0.3 is 0 Å². The van der Waals surface area contributed by atoms with Crippen LogP contribution >= 0.6 is 0 Å². The lowest BCUT2D eigenvalue weighted by Crippen LogP contribution is -2.49. The number of hydrogen-bond donors (Lipinski definition) is 1. The van der Waals surface area contributed by atoms with Gasteiger partial charge in [-0.15, -0.1) is 0 Å². The van der Waals surface area contributed by atoms with E-state index < -0.39 is 6.04 Å². The Morgan fingerprint density at radius 1 is 1.07 bits per heavy atom. The first-order valence-electron chi connectivity index (χ1n) is 9.66. The highest BCUT2D eigenvalue weighted by molar-refractivity contribution is 5.97. The van der Waals surface area contributed by atoms with Crippen LogP contribution in [0.5, 0.6) is 0 Å². The Morgan fingerprint density at radius 2 is 1.74 bits per heavy atom. The van der Waals surface area contributed by atoms with Crippen LogP contribution in [0.3, 0.4) is 0 Å². The molecule has 1 saturated carbocycles. The van der Waals surface area contributed by atoms with Crippen LogP contribution in [0, 0.1) is 5.41 Å². The number of aromatic nitrogens is 2. The van der Waals surface area contributed by atoms with Crippen molar-refractivity contribution in [2.75, 3.05) is 13.1 Å². The summed E-state index contributed by atoms with van der Waals surface area (Å²) in [7, 11) is 1.87. The molecule has 1 aromatic heterocycles. The minimum atomic E-state index is -0.513. The topological polar surface area (TPSA) is 67.2 Å². The van der Waals surface area contributed by atoms with Gasteiger partial charge in [0.15, 0.2) is 0 Å². The predicted octanol–water partition coefficient (Wildman–Crippen LogP) is 2.61. The smallest absolute Gasteiger partial charge is 0.251 e. The molecule has 0 unspecified atom stereocenters. The number of carbonyl (C=O) groups excluding carboxylic acids is 2. The van der Waals surface area contributed by atoms with Crippen molar-refractivity contribution >= 4 is 11.8 Å². The molecule has 0 bridgehead atoms. The molecule has 1 atom stereocenters. The van der Waals surface area contributed by atoms with Crippen LogP contribution in [0.15, 0.2) is 36.5 Å². The monoisotopic (exact) mass is 366 g/mol. The molecule has 1 N–H and O–H groups in total. The number of rotatable bonds is 4. The molecule has 1 saturated heterocycles. The van der Waals surface area contributed by atoms with Crippen LogP contribution < -0.4 is 5.32 Å². The van der Waals surface area contributed by atoms with E-state index in [0.717, 1.165) is 37.2 Å². The summed E-state index contributed by atoms with van der Waals surface area (Å²) >= 11 is 0. The fourth-order valence-electron chi connectivity index (χ4n) is 3.86. The second-order valence-electron chi connectivity index (χ2n) is 7.97. The maximum atomic E-state index is 12.6. The molecule has 2 amide bonds. The molecule has 142 valence electrons. The SMILES string of the molecule is C[C@H](NC(=O)c1ccc(-c2ccn(C)n2)cc1)C(=O)N1CCC2(CC1)CC2. The molecule has 2 aromatic rings. The average Bonchev–Trinajstić information content (AvgIpc) is 3.29. The number of amides is 2. The fraction of sp³-hybridized carbons (Fsp3) is 0.476. The molecule has 4 rings (SSSR count). The second kappa shape index (κ2) is 6.83. The van der Waals surface area contributed by atoms with Crippen molar-refractivity contribution in [3.8, 4) is 11.3 Å². The summed E-state index contributed by atoms with van der Waals surface area (Å²) in [5.41, 5.74) is 2.91. The summed E-state index contributed by atoms with van der Waals surface area (Å²) in [5.74, 6) is -0.206. The lowest BCUT2D eigenvalue weighted by Gasteiger charge is -2.33. The van der Waals surface area contributed by atoms with Crippen LogP contribution in [-0.2, 0) is 11.8 Å². The van der Waals surface area contributed by atoms with E-state index in [0.29, 0.717) is 11.0 Å². The van der Waals surface area contributed by atoms with Crippen molar-refractivity contribution in [2.45, 2.75) is 38.6 Å². The zero-order valence-electron chi connectivity index (χ0n) is 15.9. The highest BCUT2D eigenvalue weighted by Gasteiger charge is 2.45. The van der Waals surface area contributed by atoms with Gasteiger partial charge in [0, 0.05) is 37.5 Å². The molecule has 2 aliphatic rings. The summed E-state index contributed by atoms with van der Waals surface area (Å²) in [4.78, 5) is 27.0. The third kappa shape index (κ3) is 3.75. The van der Waals surface area contributed by atoms with Gasteiger partial charge in [0.25, 0.3) is 5.91 Å². The van der Waals surface area contributed by atoms with Gasteiger partial charge in [-0.3, -0.25) is 14.3 Å². The Kier molecular flexibility index (Phi) is 4.50. The number of hydrogen-bond acceptors (Lipinski definition) is 3. The second-order valence-corrected chi connectivity index (χ2v) is 7.97. The molecular formula is C21H26N4O2. The molecule has 1 aliphatic heterocycles. The van der Waals surface area contributed by atoms with Gasteiger partial charge in [-0.05, 0) is 56.2 Å². The summed E-state index contributed by atoms with van der Waals surface area (Å²) in [6.07, 6.45) is 6.73. The van der Waals surface area contributed by atoms with E-state index in [9.17, 15) is 9.59 Å². The Hall–Kier alpha value is -2.63. The van der Waals surface area contributed by atoms with Gasteiger partial charge in [0.05, 0.1) is 5.69 Å². The van der Waals surface area contributed by atoms with Gasteiger partial charge in [-0.1, -0.05) is 12.1 Å². The first-order valence-corrected chi connectivity index (χ1v) is 9.66. The van der Waals surface area contributed by atoms with Crippen molar-refractivity contribution < 1.29 is 9.59 Å². The van der Waals surface area contributed by atoms with Crippen molar-refractivity contribution in [3.05, 3.63) is 42.1 Å². The van der Waals surface area contributed by atoms with Crippen LogP contribution in [0.25, 0.3) is 11.3 Å². The maximum Gasteiger partial charge on any atom is 0.251 e. The molecule has 0 radical (unpaired) electrons. The van der Waals surface area contributed by atoms with Crippen molar-refractivity contribution in [1.82, 2.24) is 20.0 Å². The first-order chi connectivity index (χ1) is 13.0. The summed E-state index contributed by atoms with van der Waals surface area (Å²) < 4.78 is 1.74. The van der Waals surface area contributed by atoms with E-state index in [1.165, 1.54) is 12.8 Å². The van der Waals surface area contributed by atoms with Crippen molar-refractivity contribution in [1.29, 1.82) is 0 Å².